The molecule has 25 heavy (non-hydrogen) atoms. The Morgan fingerprint density at radius 2 is 2.20 bits per heavy atom. The van der Waals surface area contributed by atoms with Crippen molar-refractivity contribution in [1.82, 2.24) is 9.88 Å². The van der Waals surface area contributed by atoms with E-state index < -0.39 is 12.0 Å². The molecular weight excluding hydrogens is 320 g/mol. The Morgan fingerprint density at radius 1 is 1.36 bits per heavy atom. The number of likely N-dealkylation sites (tertiary alicyclic amines) is 1. The van der Waals surface area contributed by atoms with E-state index in [0.717, 1.165) is 41.5 Å². The first-order valence-electron chi connectivity index (χ1n) is 8.74. The molecule has 1 amide bonds. The molecule has 1 aliphatic heterocycles. The molecule has 1 aliphatic carbocycles. The van der Waals surface area contributed by atoms with Gasteiger partial charge < -0.3 is 19.7 Å². The van der Waals surface area contributed by atoms with Gasteiger partial charge in [0.05, 0.1) is 13.5 Å². The van der Waals surface area contributed by atoms with Crippen molar-refractivity contribution in [1.29, 1.82) is 0 Å². The number of ether oxygens (including phenoxy) is 1. The maximum Gasteiger partial charge on any atom is 0.326 e. The van der Waals surface area contributed by atoms with Gasteiger partial charge in [0.25, 0.3) is 0 Å². The number of hydrogen-bond donors (Lipinski definition) is 2. The van der Waals surface area contributed by atoms with Gasteiger partial charge in [0.1, 0.15) is 11.8 Å². The van der Waals surface area contributed by atoms with E-state index in [4.69, 9.17) is 4.74 Å². The number of carbonyl (C=O) groups excluding carboxylic acids is 1. The van der Waals surface area contributed by atoms with Gasteiger partial charge in [0, 0.05) is 23.6 Å². The second-order valence-electron chi connectivity index (χ2n) is 7.09. The van der Waals surface area contributed by atoms with Crippen molar-refractivity contribution in [2.75, 3.05) is 13.7 Å². The molecule has 1 aromatic carbocycles. The standard InChI is InChI=1S/C19H22N2O4/c1-25-13-5-6-16-15(8-13)12(9-20-16)7-17(22)21-10-11-3-2-4-14(11)18(21)19(23)24/h5-6,8-9,11,14,18,20H,2-4,7,10H2,1H3,(H,23,24). The van der Waals surface area contributed by atoms with Gasteiger partial charge in [-0.05, 0) is 48.4 Å². The van der Waals surface area contributed by atoms with Crippen LogP contribution in [0.15, 0.2) is 24.4 Å². The second kappa shape index (κ2) is 6.10. The Kier molecular flexibility index (Phi) is 3.90. The molecule has 0 bridgehead atoms. The van der Waals surface area contributed by atoms with Crippen molar-refractivity contribution in [3.63, 3.8) is 0 Å². The molecule has 2 aliphatic rings. The Labute approximate surface area is 145 Å². The summed E-state index contributed by atoms with van der Waals surface area (Å²) < 4.78 is 5.26. The van der Waals surface area contributed by atoms with Gasteiger partial charge in [0.15, 0.2) is 0 Å². The fraction of sp³-hybridized carbons (Fsp3) is 0.474. The Morgan fingerprint density at radius 3 is 2.96 bits per heavy atom. The van der Waals surface area contributed by atoms with Crippen molar-refractivity contribution in [2.24, 2.45) is 11.8 Å². The molecule has 2 fully saturated rings. The highest BCUT2D eigenvalue weighted by atomic mass is 16.5. The van der Waals surface area contributed by atoms with Gasteiger partial charge in [-0.1, -0.05) is 6.42 Å². The van der Waals surface area contributed by atoms with E-state index in [-0.39, 0.29) is 18.2 Å². The van der Waals surface area contributed by atoms with Crippen molar-refractivity contribution in [3.8, 4) is 5.75 Å². The number of hydrogen-bond acceptors (Lipinski definition) is 3. The molecule has 2 N–H and O–H groups in total. The third kappa shape index (κ3) is 2.65. The van der Waals surface area contributed by atoms with Crippen LogP contribution in [0, 0.1) is 11.8 Å². The quantitative estimate of drug-likeness (QED) is 0.894. The molecule has 2 aromatic rings. The van der Waals surface area contributed by atoms with Crippen LogP contribution in [-0.2, 0) is 16.0 Å². The van der Waals surface area contributed by atoms with Gasteiger partial charge in [-0.2, -0.15) is 0 Å². The number of aromatic nitrogens is 1. The molecule has 4 rings (SSSR count). The number of methoxy groups -OCH3 is 1. The molecule has 2 heterocycles. The molecule has 1 aromatic heterocycles. The lowest BCUT2D eigenvalue weighted by atomic mass is 9.94. The summed E-state index contributed by atoms with van der Waals surface area (Å²) in [5, 5.41) is 10.6. The molecule has 3 unspecified atom stereocenters. The van der Waals surface area contributed by atoms with Crippen LogP contribution in [0.4, 0.5) is 0 Å². The zero-order valence-electron chi connectivity index (χ0n) is 14.2. The van der Waals surface area contributed by atoms with E-state index in [1.807, 2.05) is 24.4 Å². The second-order valence-corrected chi connectivity index (χ2v) is 7.09. The van der Waals surface area contributed by atoms with E-state index >= 15 is 0 Å². The number of amides is 1. The monoisotopic (exact) mass is 342 g/mol. The van der Waals surface area contributed by atoms with Gasteiger partial charge >= 0.3 is 5.97 Å². The number of rotatable bonds is 4. The average Bonchev–Trinajstić information content (AvgIpc) is 3.27. The topological polar surface area (TPSA) is 82.6 Å². The van der Waals surface area contributed by atoms with Crippen LogP contribution < -0.4 is 4.74 Å². The van der Waals surface area contributed by atoms with Crippen molar-refractivity contribution in [3.05, 3.63) is 30.0 Å². The summed E-state index contributed by atoms with van der Waals surface area (Å²) in [5.74, 6) is 0.214. The van der Waals surface area contributed by atoms with E-state index in [9.17, 15) is 14.7 Å². The molecule has 0 spiro atoms. The first kappa shape index (κ1) is 16.0. The predicted molar refractivity (Wildman–Crippen MR) is 92.5 cm³/mol. The summed E-state index contributed by atoms with van der Waals surface area (Å²) in [4.78, 5) is 29.4. The van der Waals surface area contributed by atoms with Crippen LogP contribution >= 0.6 is 0 Å². The number of aromatic amines is 1. The highest BCUT2D eigenvalue weighted by Gasteiger charge is 2.49. The number of aliphatic carboxylic acids is 1. The normalized spacial score (nSPS) is 25.3. The zero-order chi connectivity index (χ0) is 17.6. The smallest absolute Gasteiger partial charge is 0.326 e. The van der Waals surface area contributed by atoms with Crippen LogP contribution in [0.25, 0.3) is 10.9 Å². The summed E-state index contributed by atoms with van der Waals surface area (Å²) in [6, 6.07) is 5.02. The van der Waals surface area contributed by atoms with E-state index in [1.165, 1.54) is 0 Å². The minimum atomic E-state index is -0.872. The number of benzene rings is 1. The van der Waals surface area contributed by atoms with Crippen LogP contribution in [-0.4, -0.2) is 46.6 Å². The number of nitrogens with zero attached hydrogens (tertiary/aromatic N) is 1. The number of fused-ring (bicyclic) bond motifs is 2. The third-order valence-electron chi connectivity index (χ3n) is 5.78. The number of H-pyrrole nitrogens is 1. The molecule has 1 saturated heterocycles. The van der Waals surface area contributed by atoms with Gasteiger partial charge in [-0.3, -0.25) is 4.79 Å². The van der Waals surface area contributed by atoms with E-state index in [0.29, 0.717) is 12.5 Å². The summed E-state index contributed by atoms with van der Waals surface area (Å²) in [6.45, 7) is 0.576. The number of carboxylic acids is 1. The average molecular weight is 342 g/mol. The number of carbonyl (C=O) groups is 2. The number of carboxylic acid groups (broad SMARTS) is 1. The fourth-order valence-electron chi connectivity index (χ4n) is 4.57. The third-order valence-corrected chi connectivity index (χ3v) is 5.78. The minimum absolute atomic E-state index is 0.106. The highest BCUT2D eigenvalue weighted by molar-refractivity contribution is 5.91. The van der Waals surface area contributed by atoms with Crippen LogP contribution in [0.1, 0.15) is 24.8 Å². The summed E-state index contributed by atoms with van der Waals surface area (Å²) in [7, 11) is 1.61. The lowest BCUT2D eigenvalue weighted by Gasteiger charge is -2.24. The zero-order valence-corrected chi connectivity index (χ0v) is 14.2. The molecule has 132 valence electrons. The summed E-state index contributed by atoms with van der Waals surface area (Å²) >= 11 is 0. The Balaban J connectivity index is 1.58. The largest absolute Gasteiger partial charge is 0.497 e. The lowest BCUT2D eigenvalue weighted by molar-refractivity contribution is -0.149. The van der Waals surface area contributed by atoms with Crippen molar-refractivity contribution in [2.45, 2.75) is 31.7 Å². The SMILES string of the molecule is COc1ccc2[nH]cc(CC(=O)N3CC4CCCC4C3C(=O)O)c2c1. The number of nitrogens with one attached hydrogen (secondary N) is 1. The van der Waals surface area contributed by atoms with Crippen molar-refractivity contribution >= 4 is 22.8 Å². The van der Waals surface area contributed by atoms with Crippen LogP contribution in [0.3, 0.4) is 0 Å². The first-order valence-corrected chi connectivity index (χ1v) is 8.74. The maximum atomic E-state index is 12.9. The lowest BCUT2D eigenvalue weighted by Crippen LogP contribution is -2.43. The first-order chi connectivity index (χ1) is 12.1. The maximum absolute atomic E-state index is 12.9. The molecule has 0 radical (unpaired) electrons. The van der Waals surface area contributed by atoms with Gasteiger partial charge in [-0.15, -0.1) is 0 Å². The van der Waals surface area contributed by atoms with Crippen molar-refractivity contribution < 1.29 is 19.4 Å². The molecule has 1 saturated carbocycles. The van der Waals surface area contributed by atoms with Crippen LogP contribution in [0.5, 0.6) is 5.75 Å². The van der Waals surface area contributed by atoms with E-state index in [1.54, 1.807) is 12.0 Å². The van der Waals surface area contributed by atoms with Gasteiger partial charge in [0.2, 0.25) is 5.91 Å². The van der Waals surface area contributed by atoms with Crippen LogP contribution in [0.2, 0.25) is 0 Å². The molecular formula is C19H22N2O4. The molecule has 3 atom stereocenters. The Bertz CT molecular complexity index is 828. The summed E-state index contributed by atoms with van der Waals surface area (Å²) in [5.41, 5.74) is 1.82. The summed E-state index contributed by atoms with van der Waals surface area (Å²) in [6.07, 6.45) is 5.05. The molecule has 6 nitrogen and oxygen atoms in total. The van der Waals surface area contributed by atoms with Gasteiger partial charge in [-0.25, -0.2) is 4.79 Å². The molecule has 6 heteroatoms. The minimum Gasteiger partial charge on any atom is -0.497 e. The predicted octanol–water partition coefficient (Wildman–Crippen LogP) is 2.43. The van der Waals surface area contributed by atoms with E-state index in [2.05, 4.69) is 4.98 Å². The fourth-order valence-corrected chi connectivity index (χ4v) is 4.57. The highest BCUT2D eigenvalue weighted by Crippen LogP contribution is 2.42. The Hall–Kier alpha value is -2.50.